The minimum Gasteiger partial charge on any atom is -0.326 e. The van der Waals surface area contributed by atoms with Crippen LogP contribution in [0.5, 0.6) is 0 Å². The van der Waals surface area contributed by atoms with E-state index in [1.807, 2.05) is 13.0 Å². The molecule has 1 aromatic heterocycles. The molecule has 0 atom stereocenters. The molecule has 0 aliphatic rings. The van der Waals surface area contributed by atoms with Gasteiger partial charge in [-0.25, -0.2) is 4.39 Å². The molecule has 94 valence electrons. The smallest absolute Gasteiger partial charge is 0.251 e. The number of hydrogen-bond donors (Lipinski definition) is 1. The Hall–Kier alpha value is -1.94. The first kappa shape index (κ1) is 12.5. The molecule has 2 rings (SSSR count). The van der Waals surface area contributed by atoms with Gasteiger partial charge < -0.3 is 10.3 Å². The van der Waals surface area contributed by atoms with Crippen LogP contribution in [0.1, 0.15) is 16.8 Å². The highest BCUT2D eigenvalue weighted by molar-refractivity contribution is 5.28. The Morgan fingerprint density at radius 2 is 2.00 bits per heavy atom. The third-order valence-corrected chi connectivity index (χ3v) is 2.98. The number of benzene rings is 1. The molecule has 3 nitrogen and oxygen atoms in total. The summed E-state index contributed by atoms with van der Waals surface area (Å²) < 4.78 is 14.9. The van der Waals surface area contributed by atoms with Crippen molar-refractivity contribution in [1.82, 2.24) is 4.57 Å². The summed E-state index contributed by atoms with van der Waals surface area (Å²) in [6, 6.07) is 9.53. The summed E-state index contributed by atoms with van der Waals surface area (Å²) in [6.07, 6.45) is 0. The molecule has 2 N–H and O–H groups in total. The number of nitrogens with zero attached hydrogens (tertiary/aromatic N) is 1. The molecule has 0 amide bonds. The van der Waals surface area contributed by atoms with Gasteiger partial charge in [-0.05, 0) is 36.2 Å². The van der Waals surface area contributed by atoms with E-state index in [-0.39, 0.29) is 11.4 Å². The molecule has 0 saturated carbocycles. The molecule has 1 aromatic carbocycles. The van der Waals surface area contributed by atoms with Gasteiger partial charge in [-0.15, -0.1) is 0 Å². The van der Waals surface area contributed by atoms with Crippen molar-refractivity contribution >= 4 is 0 Å². The predicted octanol–water partition coefficient (Wildman–Crippen LogP) is 1.80. The van der Waals surface area contributed by atoms with E-state index in [0.29, 0.717) is 13.1 Å². The summed E-state index contributed by atoms with van der Waals surface area (Å²) >= 11 is 0. The van der Waals surface area contributed by atoms with Crippen LogP contribution >= 0.6 is 0 Å². The van der Waals surface area contributed by atoms with Crippen LogP contribution in [0.2, 0.25) is 0 Å². The van der Waals surface area contributed by atoms with Crippen molar-refractivity contribution < 1.29 is 4.39 Å². The van der Waals surface area contributed by atoms with Gasteiger partial charge in [0.05, 0.1) is 6.54 Å². The molecule has 0 radical (unpaired) electrons. The van der Waals surface area contributed by atoms with Crippen molar-refractivity contribution in [2.45, 2.75) is 20.0 Å². The van der Waals surface area contributed by atoms with Gasteiger partial charge >= 0.3 is 0 Å². The zero-order valence-corrected chi connectivity index (χ0v) is 10.2. The number of rotatable bonds is 3. The number of aromatic nitrogens is 1. The number of nitrogens with two attached hydrogens (primary N) is 1. The van der Waals surface area contributed by atoms with E-state index in [1.165, 1.54) is 18.2 Å². The highest BCUT2D eigenvalue weighted by atomic mass is 19.1. The molecule has 4 heteroatoms. The van der Waals surface area contributed by atoms with Crippen LogP contribution in [-0.2, 0) is 13.1 Å². The predicted molar refractivity (Wildman–Crippen MR) is 68.8 cm³/mol. The Labute approximate surface area is 105 Å². The molecule has 0 bridgehead atoms. The molecular formula is C14H15FN2O. The van der Waals surface area contributed by atoms with Crippen molar-refractivity contribution in [2.75, 3.05) is 0 Å². The fourth-order valence-corrected chi connectivity index (χ4v) is 1.94. The van der Waals surface area contributed by atoms with E-state index in [4.69, 9.17) is 5.73 Å². The molecule has 0 spiro atoms. The summed E-state index contributed by atoms with van der Waals surface area (Å²) in [6.45, 7) is 2.52. The molecule has 0 fully saturated rings. The average Bonchev–Trinajstić information content (AvgIpc) is 2.34. The summed E-state index contributed by atoms with van der Waals surface area (Å²) in [7, 11) is 0. The first-order valence-corrected chi connectivity index (χ1v) is 5.75. The highest BCUT2D eigenvalue weighted by Crippen LogP contribution is 2.12. The van der Waals surface area contributed by atoms with Gasteiger partial charge in [-0.2, -0.15) is 0 Å². The Balaban J connectivity index is 2.46. The van der Waals surface area contributed by atoms with E-state index in [2.05, 4.69) is 0 Å². The van der Waals surface area contributed by atoms with Gasteiger partial charge in [0.2, 0.25) is 0 Å². The maximum Gasteiger partial charge on any atom is 0.251 e. The van der Waals surface area contributed by atoms with Crippen molar-refractivity contribution in [3.8, 4) is 0 Å². The van der Waals surface area contributed by atoms with Crippen LogP contribution in [0.25, 0.3) is 0 Å². The number of hydrogen-bond acceptors (Lipinski definition) is 2. The third kappa shape index (κ3) is 2.49. The summed E-state index contributed by atoms with van der Waals surface area (Å²) in [4.78, 5) is 11.8. The zero-order chi connectivity index (χ0) is 13.1. The van der Waals surface area contributed by atoms with Gasteiger partial charge in [0.25, 0.3) is 5.56 Å². The van der Waals surface area contributed by atoms with Crippen LogP contribution in [0.4, 0.5) is 4.39 Å². The Morgan fingerprint density at radius 1 is 1.22 bits per heavy atom. The molecule has 0 aliphatic carbocycles. The number of halogens is 1. The summed E-state index contributed by atoms with van der Waals surface area (Å²) in [5.74, 6) is -0.316. The standard InChI is InChI=1S/C14H15FN2O/c1-10-3-2-4-14(18)17(10)9-12-7-13(15)6-5-11(12)8-16/h2-7H,8-9,16H2,1H3. The molecule has 18 heavy (non-hydrogen) atoms. The van der Waals surface area contributed by atoms with Crippen molar-refractivity contribution in [2.24, 2.45) is 5.73 Å². The van der Waals surface area contributed by atoms with Crippen LogP contribution in [-0.4, -0.2) is 4.57 Å². The second kappa shape index (κ2) is 5.14. The van der Waals surface area contributed by atoms with Crippen molar-refractivity contribution in [3.63, 3.8) is 0 Å². The fraction of sp³-hybridized carbons (Fsp3) is 0.214. The van der Waals surface area contributed by atoms with Gasteiger partial charge in [-0.3, -0.25) is 4.79 Å². The summed E-state index contributed by atoms with van der Waals surface area (Å²) in [5, 5.41) is 0. The first-order valence-electron chi connectivity index (χ1n) is 5.75. The average molecular weight is 246 g/mol. The largest absolute Gasteiger partial charge is 0.326 e. The summed E-state index contributed by atoms with van der Waals surface area (Å²) in [5.41, 5.74) is 7.97. The SMILES string of the molecule is Cc1cccc(=O)n1Cc1cc(F)ccc1CN. The van der Waals surface area contributed by atoms with E-state index in [9.17, 15) is 9.18 Å². The highest BCUT2D eigenvalue weighted by Gasteiger charge is 2.06. The topological polar surface area (TPSA) is 48.0 Å². The Morgan fingerprint density at radius 3 is 2.67 bits per heavy atom. The van der Waals surface area contributed by atoms with Crippen molar-refractivity contribution in [3.05, 3.63) is 69.4 Å². The van der Waals surface area contributed by atoms with Gasteiger partial charge in [0.1, 0.15) is 5.82 Å². The van der Waals surface area contributed by atoms with E-state index < -0.39 is 0 Å². The lowest BCUT2D eigenvalue weighted by Gasteiger charge is -2.12. The Kier molecular flexibility index (Phi) is 3.58. The Bertz CT molecular complexity index is 619. The van der Waals surface area contributed by atoms with Crippen LogP contribution < -0.4 is 11.3 Å². The number of pyridine rings is 1. The number of aryl methyl sites for hydroxylation is 1. The van der Waals surface area contributed by atoms with E-state index >= 15 is 0 Å². The zero-order valence-electron chi connectivity index (χ0n) is 10.2. The maximum atomic E-state index is 13.3. The maximum absolute atomic E-state index is 13.3. The molecule has 1 heterocycles. The monoisotopic (exact) mass is 246 g/mol. The van der Waals surface area contributed by atoms with Crippen LogP contribution in [0.3, 0.4) is 0 Å². The lowest BCUT2D eigenvalue weighted by molar-refractivity contribution is 0.620. The second-order valence-electron chi connectivity index (χ2n) is 4.21. The van der Waals surface area contributed by atoms with Crippen molar-refractivity contribution in [1.29, 1.82) is 0 Å². The van der Waals surface area contributed by atoms with Crippen LogP contribution in [0.15, 0.2) is 41.2 Å². The van der Waals surface area contributed by atoms with Gasteiger partial charge in [0.15, 0.2) is 0 Å². The molecule has 2 aromatic rings. The third-order valence-electron chi connectivity index (χ3n) is 2.98. The van der Waals surface area contributed by atoms with Crippen LogP contribution in [0, 0.1) is 12.7 Å². The minimum absolute atomic E-state index is 0.0952. The second-order valence-corrected chi connectivity index (χ2v) is 4.21. The lowest BCUT2D eigenvalue weighted by Crippen LogP contribution is -2.22. The quantitative estimate of drug-likeness (QED) is 0.897. The lowest BCUT2D eigenvalue weighted by atomic mass is 10.1. The normalized spacial score (nSPS) is 10.6. The molecule has 0 unspecified atom stereocenters. The first-order chi connectivity index (χ1) is 8.61. The van der Waals surface area contributed by atoms with Gasteiger partial charge in [-0.1, -0.05) is 12.1 Å². The molecule has 0 aliphatic heterocycles. The fourth-order valence-electron chi connectivity index (χ4n) is 1.94. The molecule has 0 saturated heterocycles. The minimum atomic E-state index is -0.316. The molecular weight excluding hydrogens is 231 g/mol. The van der Waals surface area contributed by atoms with E-state index in [0.717, 1.165) is 16.8 Å². The van der Waals surface area contributed by atoms with Gasteiger partial charge in [0, 0.05) is 18.3 Å². The van der Waals surface area contributed by atoms with E-state index in [1.54, 1.807) is 16.7 Å².